The molecule has 0 radical (unpaired) electrons. The standard InChI is InChI=1S/C18H25N3O/c1-11-14-16(21-20-11)19-12-9-17(2,3)10-13(22)15(12)18(14)7-5-4-6-8-18/h4-10H2,1-3H3,(H2,19,20,21). The maximum Gasteiger partial charge on any atom is 0.162 e. The number of H-pyrrole nitrogens is 1. The van der Waals surface area contributed by atoms with Crippen molar-refractivity contribution in [2.24, 2.45) is 5.41 Å². The topological polar surface area (TPSA) is 57.8 Å². The highest BCUT2D eigenvalue weighted by molar-refractivity contribution is 6.02. The van der Waals surface area contributed by atoms with E-state index in [9.17, 15) is 4.79 Å². The Bertz CT molecular complexity index is 675. The van der Waals surface area contributed by atoms with E-state index in [4.69, 9.17) is 0 Å². The minimum absolute atomic E-state index is 0.0433. The Hall–Kier alpha value is -1.58. The van der Waals surface area contributed by atoms with Crippen LogP contribution in [0.2, 0.25) is 0 Å². The van der Waals surface area contributed by atoms with E-state index < -0.39 is 0 Å². The van der Waals surface area contributed by atoms with Crippen LogP contribution in [0.15, 0.2) is 11.3 Å². The van der Waals surface area contributed by atoms with Crippen molar-refractivity contribution in [2.75, 3.05) is 5.32 Å². The number of carbonyl (C=O) groups is 1. The summed E-state index contributed by atoms with van der Waals surface area (Å²) in [7, 11) is 0. The van der Waals surface area contributed by atoms with Gasteiger partial charge in [-0.15, -0.1) is 0 Å². The molecule has 4 nitrogen and oxygen atoms in total. The summed E-state index contributed by atoms with van der Waals surface area (Å²) in [5.74, 6) is 1.32. The lowest BCUT2D eigenvalue weighted by Gasteiger charge is -2.47. The van der Waals surface area contributed by atoms with E-state index in [1.165, 1.54) is 24.8 Å². The maximum atomic E-state index is 13.0. The van der Waals surface area contributed by atoms with Crippen LogP contribution in [0.4, 0.5) is 5.82 Å². The third-order valence-corrected chi connectivity index (χ3v) is 5.76. The quantitative estimate of drug-likeness (QED) is 0.761. The number of nitrogens with one attached hydrogen (secondary N) is 2. The van der Waals surface area contributed by atoms with Gasteiger partial charge in [0.1, 0.15) is 0 Å². The average Bonchev–Trinajstić information content (AvgIpc) is 2.79. The fourth-order valence-electron chi connectivity index (χ4n) is 5.01. The minimum atomic E-state index is -0.0845. The van der Waals surface area contributed by atoms with Crippen molar-refractivity contribution in [3.05, 3.63) is 22.5 Å². The van der Waals surface area contributed by atoms with Gasteiger partial charge >= 0.3 is 0 Å². The normalized spacial score (nSPS) is 25.7. The minimum Gasteiger partial charge on any atom is -0.342 e. The Kier molecular flexibility index (Phi) is 2.85. The summed E-state index contributed by atoms with van der Waals surface area (Å²) in [6.45, 7) is 6.47. The van der Waals surface area contributed by atoms with E-state index in [1.807, 2.05) is 0 Å². The number of ketones is 1. The number of carbonyl (C=O) groups excluding carboxylic acids is 1. The molecule has 0 atom stereocenters. The number of rotatable bonds is 0. The molecular formula is C18H25N3O. The Labute approximate surface area is 131 Å². The molecular weight excluding hydrogens is 274 g/mol. The summed E-state index contributed by atoms with van der Waals surface area (Å²) in [6, 6.07) is 0. The third-order valence-electron chi connectivity index (χ3n) is 5.76. The van der Waals surface area contributed by atoms with Crippen molar-refractivity contribution >= 4 is 11.6 Å². The van der Waals surface area contributed by atoms with Crippen LogP contribution in [-0.2, 0) is 10.2 Å². The number of allylic oxidation sites excluding steroid dienone is 2. The van der Waals surface area contributed by atoms with Crippen LogP contribution in [-0.4, -0.2) is 16.0 Å². The van der Waals surface area contributed by atoms with Crippen molar-refractivity contribution in [1.82, 2.24) is 10.2 Å². The molecule has 0 amide bonds. The highest BCUT2D eigenvalue weighted by Gasteiger charge is 2.50. The van der Waals surface area contributed by atoms with Gasteiger partial charge in [0, 0.05) is 34.4 Å². The van der Waals surface area contributed by atoms with E-state index in [2.05, 4.69) is 36.3 Å². The highest BCUT2D eigenvalue weighted by atomic mass is 16.1. The summed E-state index contributed by atoms with van der Waals surface area (Å²) in [4.78, 5) is 13.0. The molecule has 1 saturated carbocycles. The summed E-state index contributed by atoms with van der Waals surface area (Å²) in [5, 5.41) is 11.1. The largest absolute Gasteiger partial charge is 0.342 e. The molecule has 1 fully saturated rings. The molecule has 1 aromatic heterocycles. The predicted molar refractivity (Wildman–Crippen MR) is 86.8 cm³/mol. The van der Waals surface area contributed by atoms with Crippen LogP contribution in [0.25, 0.3) is 0 Å². The number of aromatic nitrogens is 2. The number of aromatic amines is 1. The Morgan fingerprint density at radius 3 is 2.55 bits per heavy atom. The van der Waals surface area contributed by atoms with E-state index in [0.717, 1.165) is 42.0 Å². The summed E-state index contributed by atoms with van der Waals surface area (Å²) in [6.07, 6.45) is 7.49. The summed E-state index contributed by atoms with van der Waals surface area (Å²) >= 11 is 0. The molecule has 0 bridgehead atoms. The molecule has 0 aromatic carbocycles. The number of Topliss-reactive ketones (excluding diaryl/α,β-unsaturated/α-hetero) is 1. The van der Waals surface area contributed by atoms with Crippen LogP contribution in [0.1, 0.15) is 70.1 Å². The van der Waals surface area contributed by atoms with Crippen molar-refractivity contribution in [1.29, 1.82) is 0 Å². The van der Waals surface area contributed by atoms with Gasteiger partial charge in [0.05, 0.1) is 0 Å². The summed E-state index contributed by atoms with van der Waals surface area (Å²) in [5.41, 5.74) is 4.57. The molecule has 2 heterocycles. The number of fused-ring (bicyclic) bond motifs is 3. The van der Waals surface area contributed by atoms with Gasteiger partial charge in [0.2, 0.25) is 0 Å². The molecule has 3 aliphatic rings. The van der Waals surface area contributed by atoms with E-state index in [0.29, 0.717) is 12.2 Å². The molecule has 118 valence electrons. The molecule has 0 saturated heterocycles. The predicted octanol–water partition coefficient (Wildman–Crippen LogP) is 3.99. The first-order valence-corrected chi connectivity index (χ1v) is 8.52. The van der Waals surface area contributed by atoms with Crippen LogP contribution in [0.5, 0.6) is 0 Å². The van der Waals surface area contributed by atoms with E-state index >= 15 is 0 Å². The SMILES string of the molecule is Cc1[nH]nc2c1C1(CCCCC1)C1=C(CC(C)(C)CC1=O)N2. The number of aryl methyl sites for hydroxylation is 1. The monoisotopic (exact) mass is 299 g/mol. The average molecular weight is 299 g/mol. The van der Waals surface area contributed by atoms with Gasteiger partial charge in [-0.3, -0.25) is 9.89 Å². The van der Waals surface area contributed by atoms with Crippen LogP contribution < -0.4 is 5.32 Å². The van der Waals surface area contributed by atoms with Gasteiger partial charge in [-0.2, -0.15) is 5.10 Å². The van der Waals surface area contributed by atoms with Gasteiger partial charge in [0.15, 0.2) is 11.6 Å². The smallest absolute Gasteiger partial charge is 0.162 e. The van der Waals surface area contributed by atoms with Gasteiger partial charge in [-0.25, -0.2) is 0 Å². The second-order valence-corrected chi connectivity index (χ2v) is 8.13. The lowest BCUT2D eigenvalue weighted by Crippen LogP contribution is -2.44. The van der Waals surface area contributed by atoms with Crippen molar-refractivity contribution in [3.8, 4) is 0 Å². The zero-order valence-electron chi connectivity index (χ0n) is 13.8. The van der Waals surface area contributed by atoms with Gasteiger partial charge in [-0.05, 0) is 31.6 Å². The first-order chi connectivity index (χ1) is 10.4. The molecule has 2 N–H and O–H groups in total. The zero-order chi connectivity index (χ0) is 15.5. The van der Waals surface area contributed by atoms with Gasteiger partial charge in [-0.1, -0.05) is 33.1 Å². The second-order valence-electron chi connectivity index (χ2n) is 8.13. The second kappa shape index (κ2) is 4.46. The Morgan fingerprint density at radius 1 is 1.09 bits per heavy atom. The van der Waals surface area contributed by atoms with Crippen molar-refractivity contribution in [3.63, 3.8) is 0 Å². The van der Waals surface area contributed by atoms with Crippen molar-refractivity contribution in [2.45, 2.75) is 71.1 Å². The first-order valence-electron chi connectivity index (χ1n) is 8.52. The van der Waals surface area contributed by atoms with Gasteiger partial charge < -0.3 is 5.32 Å². The molecule has 4 heteroatoms. The van der Waals surface area contributed by atoms with E-state index in [1.54, 1.807) is 0 Å². The Morgan fingerprint density at radius 2 is 1.82 bits per heavy atom. The lowest BCUT2D eigenvalue weighted by molar-refractivity contribution is -0.119. The van der Waals surface area contributed by atoms with Crippen LogP contribution in [0.3, 0.4) is 0 Å². The lowest BCUT2D eigenvalue weighted by atomic mass is 9.58. The maximum absolute atomic E-state index is 13.0. The molecule has 1 aromatic rings. The number of nitrogens with zero attached hydrogens (tertiary/aromatic N) is 1. The highest BCUT2D eigenvalue weighted by Crippen LogP contribution is 2.55. The molecule has 4 rings (SSSR count). The number of hydrogen-bond acceptors (Lipinski definition) is 3. The zero-order valence-corrected chi connectivity index (χ0v) is 13.8. The fourth-order valence-corrected chi connectivity index (χ4v) is 5.01. The van der Waals surface area contributed by atoms with Crippen molar-refractivity contribution < 1.29 is 4.79 Å². The number of hydrogen-bond donors (Lipinski definition) is 2. The van der Waals surface area contributed by atoms with Crippen LogP contribution in [0, 0.1) is 12.3 Å². The van der Waals surface area contributed by atoms with E-state index in [-0.39, 0.29) is 10.8 Å². The molecule has 0 unspecified atom stereocenters. The third kappa shape index (κ3) is 1.82. The molecule has 1 aliphatic heterocycles. The molecule has 22 heavy (non-hydrogen) atoms. The van der Waals surface area contributed by atoms with Gasteiger partial charge in [0.25, 0.3) is 0 Å². The fraction of sp³-hybridized carbons (Fsp3) is 0.667. The first kappa shape index (κ1) is 14.0. The summed E-state index contributed by atoms with van der Waals surface area (Å²) < 4.78 is 0. The Balaban J connectivity index is 1.93. The number of anilines is 1. The van der Waals surface area contributed by atoms with Crippen LogP contribution >= 0.6 is 0 Å². The molecule has 1 spiro atoms. The molecule has 2 aliphatic carbocycles.